The predicted octanol–water partition coefficient (Wildman–Crippen LogP) is 8.09. The third-order valence-electron chi connectivity index (χ3n) is 3.29. The van der Waals surface area contributed by atoms with E-state index in [1.54, 1.807) is 6.92 Å². The largest absolute Gasteiger partial charge is 0.300 e. The van der Waals surface area contributed by atoms with Crippen LogP contribution in [0.2, 0.25) is 0 Å². The zero-order valence-electron chi connectivity index (χ0n) is 21.4. The van der Waals surface area contributed by atoms with Crippen LogP contribution in [0.25, 0.3) is 0 Å². The zero-order valence-corrected chi connectivity index (χ0v) is 21.4. The summed E-state index contributed by atoms with van der Waals surface area (Å²) in [5, 5.41) is 32.6. The van der Waals surface area contributed by atoms with E-state index in [9.17, 15) is 4.79 Å². The highest BCUT2D eigenvalue weighted by Crippen LogP contribution is 2.08. The van der Waals surface area contributed by atoms with E-state index < -0.39 is 0 Å². The number of hydrogen-bond acceptors (Lipinski definition) is 5. The van der Waals surface area contributed by atoms with Gasteiger partial charge in [-0.05, 0) is 66.7 Å². The summed E-state index contributed by atoms with van der Waals surface area (Å²) in [5.74, 6) is 1.51. The molecule has 0 saturated carbocycles. The molecule has 0 amide bonds. The fourth-order valence-electron chi connectivity index (χ4n) is 1.34. The third-order valence-corrected chi connectivity index (χ3v) is 3.29. The number of rotatable bonds is 6. The van der Waals surface area contributed by atoms with Crippen LogP contribution in [0.4, 0.5) is 0 Å². The zero-order chi connectivity index (χ0) is 25.1. The molecule has 0 saturated heterocycles. The van der Waals surface area contributed by atoms with Crippen molar-refractivity contribution in [2.75, 3.05) is 0 Å². The van der Waals surface area contributed by atoms with Crippen molar-refractivity contribution in [3.8, 4) is 24.3 Å². The highest BCUT2D eigenvalue weighted by atomic mass is 16.1. The van der Waals surface area contributed by atoms with Crippen molar-refractivity contribution >= 4 is 5.78 Å². The maximum atomic E-state index is 10.4. The van der Waals surface area contributed by atoms with Crippen molar-refractivity contribution < 1.29 is 4.79 Å². The lowest BCUT2D eigenvalue weighted by atomic mass is 10.0. The molecule has 0 aliphatic carbocycles. The molecule has 31 heavy (non-hydrogen) atoms. The van der Waals surface area contributed by atoms with E-state index in [0.717, 1.165) is 12.8 Å². The molecule has 0 fully saturated rings. The molecule has 180 valence electrons. The van der Waals surface area contributed by atoms with E-state index in [4.69, 9.17) is 21.0 Å². The van der Waals surface area contributed by atoms with Gasteiger partial charge in [0.15, 0.2) is 0 Å². The Balaban J connectivity index is -0.0000000660. The molecule has 0 bridgehead atoms. The molecule has 3 atom stereocenters. The van der Waals surface area contributed by atoms with Crippen LogP contribution in [-0.2, 0) is 4.79 Å². The molecule has 3 unspecified atom stereocenters. The minimum absolute atomic E-state index is 0. The van der Waals surface area contributed by atoms with Crippen LogP contribution in [0.3, 0.4) is 0 Å². The summed E-state index contributed by atoms with van der Waals surface area (Å²) in [7, 11) is 0. The van der Waals surface area contributed by atoms with E-state index >= 15 is 0 Å². The van der Waals surface area contributed by atoms with Crippen molar-refractivity contribution in [3.05, 3.63) is 0 Å². The van der Waals surface area contributed by atoms with Crippen LogP contribution in [0.15, 0.2) is 0 Å². The molecule has 5 nitrogen and oxygen atoms in total. The quantitative estimate of drug-likeness (QED) is 0.419. The van der Waals surface area contributed by atoms with Gasteiger partial charge in [0.25, 0.3) is 0 Å². The fourth-order valence-corrected chi connectivity index (χ4v) is 1.34. The number of carbonyl (C=O) groups excluding carboxylic acids is 1. The third kappa shape index (κ3) is 65.6. The van der Waals surface area contributed by atoms with Crippen LogP contribution >= 0.6 is 0 Å². The highest BCUT2D eigenvalue weighted by Gasteiger charge is 2.01. The van der Waals surface area contributed by atoms with Gasteiger partial charge in [-0.2, -0.15) is 21.0 Å². The summed E-state index contributed by atoms with van der Waals surface area (Å²) < 4.78 is 0. The lowest BCUT2D eigenvalue weighted by Gasteiger charge is -2.03. The molecule has 0 radical (unpaired) electrons. The van der Waals surface area contributed by atoms with Crippen molar-refractivity contribution in [2.24, 2.45) is 29.6 Å². The molecule has 0 heterocycles. The van der Waals surface area contributed by atoms with Gasteiger partial charge in [0.05, 0.1) is 24.3 Å². The first-order valence-corrected chi connectivity index (χ1v) is 11.0. The number of nitrogens with zero attached hydrogens (tertiary/aromatic N) is 4. The Hall–Kier alpha value is -2.37. The van der Waals surface area contributed by atoms with Crippen LogP contribution in [-0.4, -0.2) is 5.78 Å². The van der Waals surface area contributed by atoms with Crippen molar-refractivity contribution in [1.29, 1.82) is 21.0 Å². The normalized spacial score (nSPS) is 10.9. The number of ketones is 1. The Morgan fingerprint density at radius 1 is 0.742 bits per heavy atom. The Bertz CT molecular complexity index is 528. The summed E-state index contributed by atoms with van der Waals surface area (Å²) in [4.78, 5) is 10.4. The van der Waals surface area contributed by atoms with Crippen molar-refractivity contribution in [3.63, 3.8) is 0 Å². The minimum Gasteiger partial charge on any atom is -0.300 e. The van der Waals surface area contributed by atoms with Crippen LogP contribution in [0.1, 0.15) is 109 Å². The van der Waals surface area contributed by atoms with Gasteiger partial charge in [-0.1, -0.05) is 42.0 Å². The summed E-state index contributed by atoms with van der Waals surface area (Å²) >= 11 is 0. The minimum atomic E-state index is 0. The van der Waals surface area contributed by atoms with Crippen LogP contribution in [0.5, 0.6) is 0 Å². The van der Waals surface area contributed by atoms with Gasteiger partial charge < -0.3 is 4.79 Å². The summed E-state index contributed by atoms with van der Waals surface area (Å²) in [5.41, 5.74) is 0. The second-order valence-electron chi connectivity index (χ2n) is 7.65. The molecule has 0 rings (SSSR count). The van der Waals surface area contributed by atoms with E-state index in [2.05, 4.69) is 32.1 Å². The molecule has 0 spiro atoms. The van der Waals surface area contributed by atoms with Gasteiger partial charge in [-0.25, -0.2) is 0 Å². The topological polar surface area (TPSA) is 112 Å². The van der Waals surface area contributed by atoms with E-state index in [0.29, 0.717) is 18.8 Å². The summed E-state index contributed by atoms with van der Waals surface area (Å²) in [6.07, 6.45) is 3.23. The van der Waals surface area contributed by atoms with Crippen molar-refractivity contribution in [1.82, 2.24) is 0 Å². The monoisotopic (exact) mass is 434 g/mol. The maximum Gasteiger partial charge on any atom is 0.129 e. The van der Waals surface area contributed by atoms with E-state index in [1.807, 2.05) is 61.5 Å². The maximum absolute atomic E-state index is 10.4. The van der Waals surface area contributed by atoms with E-state index in [-0.39, 0.29) is 36.9 Å². The molecule has 0 aliphatic rings. The first-order valence-electron chi connectivity index (χ1n) is 11.0. The second kappa shape index (κ2) is 35.1. The number of hydrogen-bond donors (Lipinski definition) is 0. The number of carbonyl (C=O) groups is 1. The molecule has 5 heteroatoms. The Kier molecular flexibility index (Phi) is 48.3. The fraction of sp³-hybridized carbons (Fsp3) is 0.808. The van der Waals surface area contributed by atoms with Gasteiger partial charge >= 0.3 is 0 Å². The standard InChI is InChI=1S/C7H11NO.C7H13N.C5H9N.C4H7N.C2H6.CH4/c1-6(5-8)3-4-7(2)9;1-6(2)4-7(3)5-8;1-3-5(2)4-6;1-4(2)3-5;1-2;/h6H,3-4H2,1-2H3;6-7H,4H2,1-3H3;5H,3H2,1-2H3;4H,1-2H3;1-2H3;1H4. The Labute approximate surface area is 195 Å². The summed E-state index contributed by atoms with van der Waals surface area (Å²) in [6.45, 7) is 21.2. The molecule has 0 aromatic carbocycles. The predicted molar refractivity (Wildman–Crippen MR) is 133 cm³/mol. The SMILES string of the molecule is C.CC.CC(=O)CCC(C)C#N.CC(C)C#N.CC(C)CC(C)C#N.CCC(C)C#N. The summed E-state index contributed by atoms with van der Waals surface area (Å²) in [6, 6.07) is 8.41. The average molecular weight is 435 g/mol. The Morgan fingerprint density at radius 2 is 1.10 bits per heavy atom. The number of Topliss-reactive ketones (excluding diaryl/α,β-unsaturated/α-hetero) is 1. The number of nitriles is 4. The lowest BCUT2D eigenvalue weighted by Crippen LogP contribution is -1.95. The average Bonchev–Trinajstić information content (AvgIpc) is 2.73. The first-order chi connectivity index (χ1) is 13.9. The Morgan fingerprint density at radius 3 is 1.23 bits per heavy atom. The smallest absolute Gasteiger partial charge is 0.129 e. The molecular formula is C26H50N4O. The van der Waals surface area contributed by atoms with Gasteiger partial charge in [0, 0.05) is 30.1 Å². The van der Waals surface area contributed by atoms with Gasteiger partial charge in [-0.3, -0.25) is 0 Å². The van der Waals surface area contributed by atoms with E-state index in [1.165, 1.54) is 0 Å². The van der Waals surface area contributed by atoms with Crippen LogP contribution in [0, 0.1) is 74.9 Å². The lowest BCUT2D eigenvalue weighted by molar-refractivity contribution is -0.117. The van der Waals surface area contributed by atoms with Crippen molar-refractivity contribution in [2.45, 2.75) is 109 Å². The van der Waals surface area contributed by atoms with Gasteiger partial charge in [0.2, 0.25) is 0 Å². The molecule has 0 aromatic heterocycles. The van der Waals surface area contributed by atoms with Crippen LogP contribution < -0.4 is 0 Å². The highest BCUT2D eigenvalue weighted by molar-refractivity contribution is 5.75. The molecule has 0 aromatic rings. The molecule has 0 N–H and O–H groups in total. The van der Waals surface area contributed by atoms with Gasteiger partial charge in [-0.15, -0.1) is 0 Å². The van der Waals surface area contributed by atoms with Gasteiger partial charge in [0.1, 0.15) is 5.78 Å². The molecule has 0 aliphatic heterocycles. The second-order valence-corrected chi connectivity index (χ2v) is 7.65. The first kappa shape index (κ1) is 42.7. The molecular weight excluding hydrogens is 384 g/mol.